The van der Waals surface area contributed by atoms with Gasteiger partial charge >= 0.3 is 6.29 Å². The summed E-state index contributed by atoms with van der Waals surface area (Å²) >= 11 is 0. The molecule has 0 radical (unpaired) electrons. The van der Waals surface area contributed by atoms with Gasteiger partial charge in [-0.2, -0.15) is 10.2 Å². The second kappa shape index (κ2) is 7.67. The highest BCUT2D eigenvalue weighted by Gasteiger charge is 2.54. The third-order valence-corrected chi connectivity index (χ3v) is 7.96. The molecule has 34 heavy (non-hydrogen) atoms. The first-order valence-electron chi connectivity index (χ1n) is 11.7. The van der Waals surface area contributed by atoms with Gasteiger partial charge in [-0.15, -0.1) is 8.78 Å². The zero-order chi connectivity index (χ0) is 23.5. The third-order valence-electron chi connectivity index (χ3n) is 7.96. The Morgan fingerprint density at radius 1 is 1.15 bits per heavy atom. The van der Waals surface area contributed by atoms with Crippen molar-refractivity contribution in [2.45, 2.75) is 51.0 Å². The molecule has 10 heteroatoms. The number of alkyl halides is 2. The van der Waals surface area contributed by atoms with E-state index in [4.69, 9.17) is 5.73 Å². The summed E-state index contributed by atoms with van der Waals surface area (Å²) in [5.74, 6) is 2.69. The van der Waals surface area contributed by atoms with E-state index in [1.807, 2.05) is 0 Å². The number of anilines is 2. The van der Waals surface area contributed by atoms with Crippen LogP contribution in [0.15, 0.2) is 24.4 Å². The summed E-state index contributed by atoms with van der Waals surface area (Å²) in [7, 11) is 0. The average Bonchev–Trinajstić information content (AvgIpc) is 3.13. The summed E-state index contributed by atoms with van der Waals surface area (Å²) in [6.07, 6.45) is 3.72. The molecule has 1 aromatic heterocycles. The number of benzene rings is 1. The summed E-state index contributed by atoms with van der Waals surface area (Å²) in [5.41, 5.74) is 7.53. The molecule has 1 aromatic carbocycles. The molecule has 178 valence electrons. The molecule has 4 saturated carbocycles. The first-order valence-corrected chi connectivity index (χ1v) is 11.7. The summed E-state index contributed by atoms with van der Waals surface area (Å²) in [4.78, 5) is 8.72. The summed E-state index contributed by atoms with van der Waals surface area (Å²) in [6, 6.07) is 7.18. The standard InChI is InChI=1S/C24H26F2N6O2/c25-24(26)33-18-3-1-2-14(20(18)34-24)10-29-22-30-11-17(9-27)21(32-22)31-12-23-6-13-4-15(7-23)19(28)16(5-13)8-23/h1-3,11,13,15-16,19H,4-8,10,12,28H2,(H2,29,30,31,32). The summed E-state index contributed by atoms with van der Waals surface area (Å²) < 4.78 is 36.1. The Balaban J connectivity index is 1.16. The number of nitrogens with two attached hydrogens (primary N) is 1. The number of para-hydroxylation sites is 1. The van der Waals surface area contributed by atoms with Gasteiger partial charge in [0.2, 0.25) is 5.95 Å². The number of nitrogens with one attached hydrogen (secondary N) is 2. The van der Waals surface area contributed by atoms with Crippen LogP contribution in [0.3, 0.4) is 0 Å². The second-order valence-corrected chi connectivity index (χ2v) is 10.2. The van der Waals surface area contributed by atoms with Crippen LogP contribution in [0.2, 0.25) is 0 Å². The normalized spacial score (nSPS) is 31.8. The molecule has 2 unspecified atom stereocenters. The highest BCUT2D eigenvalue weighted by atomic mass is 19.3. The lowest BCUT2D eigenvalue weighted by Crippen LogP contribution is -2.58. The third kappa shape index (κ3) is 3.68. The van der Waals surface area contributed by atoms with Crippen molar-refractivity contribution in [1.82, 2.24) is 9.97 Å². The molecule has 2 aromatic rings. The van der Waals surface area contributed by atoms with Gasteiger partial charge in [0.05, 0.1) is 6.20 Å². The number of ether oxygens (including phenoxy) is 2. The van der Waals surface area contributed by atoms with Crippen molar-refractivity contribution in [3.05, 3.63) is 35.5 Å². The van der Waals surface area contributed by atoms with Gasteiger partial charge in [0.1, 0.15) is 17.5 Å². The van der Waals surface area contributed by atoms with Gasteiger partial charge in [-0.1, -0.05) is 12.1 Å². The SMILES string of the molecule is N#Cc1cnc(NCc2cccc3c2OC(F)(F)O3)nc1NCC12CC3CC(C1)C(N)C(C3)C2. The molecule has 5 aliphatic rings. The molecule has 4 aliphatic carbocycles. The van der Waals surface area contributed by atoms with E-state index in [-0.39, 0.29) is 29.4 Å². The zero-order valence-electron chi connectivity index (χ0n) is 18.6. The molecule has 0 amide bonds. The Morgan fingerprint density at radius 3 is 2.71 bits per heavy atom. The van der Waals surface area contributed by atoms with Gasteiger partial charge in [0, 0.05) is 24.7 Å². The highest BCUT2D eigenvalue weighted by Crippen LogP contribution is 2.59. The quantitative estimate of drug-likeness (QED) is 0.585. The van der Waals surface area contributed by atoms with Crippen molar-refractivity contribution >= 4 is 11.8 Å². The molecular formula is C24H26F2N6O2. The number of aromatic nitrogens is 2. The molecule has 0 spiro atoms. The maximum atomic E-state index is 13.5. The molecule has 0 saturated heterocycles. The summed E-state index contributed by atoms with van der Waals surface area (Å²) in [6.45, 7) is 0.904. The van der Waals surface area contributed by atoms with Crippen molar-refractivity contribution in [3.8, 4) is 17.6 Å². The van der Waals surface area contributed by atoms with Gasteiger partial charge in [-0.3, -0.25) is 0 Å². The van der Waals surface area contributed by atoms with Gasteiger partial charge in [-0.05, 0) is 61.3 Å². The van der Waals surface area contributed by atoms with Crippen LogP contribution in [0.1, 0.15) is 43.2 Å². The van der Waals surface area contributed by atoms with E-state index in [2.05, 4.69) is 36.1 Å². The van der Waals surface area contributed by atoms with E-state index in [1.165, 1.54) is 31.5 Å². The van der Waals surface area contributed by atoms with Crippen LogP contribution >= 0.6 is 0 Å². The number of nitrogens with zero attached hydrogens (tertiary/aromatic N) is 3. The van der Waals surface area contributed by atoms with E-state index in [0.717, 1.165) is 25.3 Å². The van der Waals surface area contributed by atoms with Crippen LogP contribution in [0.25, 0.3) is 0 Å². The van der Waals surface area contributed by atoms with E-state index in [0.29, 0.717) is 34.8 Å². The van der Waals surface area contributed by atoms with Crippen LogP contribution in [0, 0.1) is 34.5 Å². The van der Waals surface area contributed by atoms with Gasteiger partial charge in [-0.25, -0.2) is 4.98 Å². The van der Waals surface area contributed by atoms with E-state index in [9.17, 15) is 14.0 Å². The van der Waals surface area contributed by atoms with Gasteiger partial charge in [0.25, 0.3) is 0 Å². The maximum absolute atomic E-state index is 13.5. The Labute approximate surface area is 195 Å². The number of halogens is 2. The highest BCUT2D eigenvalue weighted by molar-refractivity contribution is 5.54. The number of hydrogen-bond acceptors (Lipinski definition) is 8. The molecule has 8 nitrogen and oxygen atoms in total. The van der Waals surface area contributed by atoms with E-state index < -0.39 is 6.29 Å². The average molecular weight is 469 g/mol. The van der Waals surface area contributed by atoms with Crippen LogP contribution in [0.4, 0.5) is 20.5 Å². The molecule has 1 aliphatic heterocycles. The lowest BCUT2D eigenvalue weighted by atomic mass is 9.48. The number of nitriles is 1. The maximum Gasteiger partial charge on any atom is 0.586 e. The summed E-state index contributed by atoms with van der Waals surface area (Å²) in [5, 5.41) is 16.0. The molecule has 7 rings (SSSR count). The molecule has 4 fully saturated rings. The van der Waals surface area contributed by atoms with Crippen molar-refractivity contribution in [1.29, 1.82) is 5.26 Å². The number of fused-ring (bicyclic) bond motifs is 1. The minimum atomic E-state index is -3.68. The van der Waals surface area contributed by atoms with Crippen molar-refractivity contribution in [2.75, 3.05) is 17.2 Å². The Morgan fingerprint density at radius 2 is 1.94 bits per heavy atom. The van der Waals surface area contributed by atoms with Crippen molar-refractivity contribution < 1.29 is 18.3 Å². The minimum Gasteiger partial charge on any atom is -0.395 e. The first-order chi connectivity index (χ1) is 16.3. The Bertz CT molecular complexity index is 1150. The van der Waals surface area contributed by atoms with E-state index in [1.54, 1.807) is 12.1 Å². The predicted octanol–water partition coefficient (Wildman–Crippen LogP) is 3.85. The number of rotatable bonds is 6. The lowest BCUT2D eigenvalue weighted by Gasteiger charge is -2.59. The van der Waals surface area contributed by atoms with Crippen molar-refractivity contribution in [3.63, 3.8) is 0 Å². The second-order valence-electron chi connectivity index (χ2n) is 10.2. The fourth-order valence-corrected chi connectivity index (χ4v) is 6.74. The molecular weight excluding hydrogens is 442 g/mol. The number of hydrogen-bond donors (Lipinski definition) is 3. The minimum absolute atomic E-state index is 0.00739. The Kier molecular flexibility index (Phi) is 4.81. The first kappa shape index (κ1) is 21.4. The molecule has 2 atom stereocenters. The zero-order valence-corrected chi connectivity index (χ0v) is 18.6. The Hall–Kier alpha value is -3.19. The monoisotopic (exact) mass is 468 g/mol. The lowest BCUT2D eigenvalue weighted by molar-refractivity contribution is -0.286. The van der Waals surface area contributed by atoms with Crippen LogP contribution in [-0.2, 0) is 6.54 Å². The molecule has 4 bridgehead atoms. The van der Waals surface area contributed by atoms with Gasteiger partial charge in [0.15, 0.2) is 11.5 Å². The fourth-order valence-electron chi connectivity index (χ4n) is 6.74. The topological polar surface area (TPSA) is 118 Å². The van der Waals surface area contributed by atoms with E-state index >= 15 is 0 Å². The smallest absolute Gasteiger partial charge is 0.395 e. The largest absolute Gasteiger partial charge is 0.586 e. The van der Waals surface area contributed by atoms with Crippen LogP contribution in [0.5, 0.6) is 11.5 Å². The van der Waals surface area contributed by atoms with Gasteiger partial charge < -0.3 is 25.8 Å². The predicted molar refractivity (Wildman–Crippen MR) is 119 cm³/mol. The molecule has 2 heterocycles. The fraction of sp³-hybridized carbons (Fsp3) is 0.542. The molecule has 4 N–H and O–H groups in total. The van der Waals surface area contributed by atoms with Crippen LogP contribution in [-0.4, -0.2) is 28.8 Å². The van der Waals surface area contributed by atoms with Crippen LogP contribution < -0.4 is 25.8 Å². The van der Waals surface area contributed by atoms with Crippen molar-refractivity contribution in [2.24, 2.45) is 28.9 Å².